The summed E-state index contributed by atoms with van der Waals surface area (Å²) in [4.78, 5) is 12.6. The van der Waals surface area contributed by atoms with Crippen molar-refractivity contribution in [3.8, 4) is 6.07 Å². The van der Waals surface area contributed by atoms with E-state index in [4.69, 9.17) is 11.6 Å². The van der Waals surface area contributed by atoms with E-state index in [1.165, 1.54) is 0 Å². The summed E-state index contributed by atoms with van der Waals surface area (Å²) >= 11 is 8.07. The number of benzene rings is 2. The van der Waals surface area contributed by atoms with Crippen LogP contribution in [0.25, 0.3) is 0 Å². The third-order valence-electron chi connectivity index (χ3n) is 3.03. The van der Waals surface area contributed by atoms with Crippen molar-refractivity contribution in [2.24, 2.45) is 0 Å². The van der Waals surface area contributed by atoms with Crippen molar-refractivity contribution >= 4 is 40.0 Å². The highest BCUT2D eigenvalue weighted by Gasteiger charge is 2.24. The normalized spacial score (nSPS) is 11.7. The lowest BCUT2D eigenvalue weighted by molar-refractivity contribution is 0.0978. The molecule has 2 nitrogen and oxygen atoms in total. The summed E-state index contributed by atoms with van der Waals surface area (Å²) in [6, 6.07) is 14.5. The third-order valence-corrected chi connectivity index (χ3v) is 4.70. The summed E-state index contributed by atoms with van der Waals surface area (Å²) in [5.74, 6) is -1.02. The second-order valence-electron chi connectivity index (χ2n) is 4.42. The molecule has 2 aromatic carbocycles. The number of hydrogen-bond acceptors (Lipinski definition) is 2. The molecule has 1 unspecified atom stereocenters. The van der Waals surface area contributed by atoms with Gasteiger partial charge in [0.2, 0.25) is 0 Å². The van der Waals surface area contributed by atoms with Gasteiger partial charge in [0.05, 0.1) is 6.07 Å². The van der Waals surface area contributed by atoms with E-state index in [0.29, 0.717) is 16.1 Å². The van der Waals surface area contributed by atoms with E-state index >= 15 is 0 Å². The quantitative estimate of drug-likeness (QED) is 0.556. The number of nitrogens with zero attached hydrogens (tertiary/aromatic N) is 1. The molecule has 0 amide bonds. The van der Waals surface area contributed by atoms with Crippen LogP contribution in [-0.4, -0.2) is 5.78 Å². The summed E-state index contributed by atoms with van der Waals surface area (Å²) in [6.07, 6.45) is 0. The maximum absolute atomic E-state index is 12.6. The lowest BCUT2D eigenvalue weighted by Gasteiger charge is -2.11. The molecule has 2 aromatic rings. The molecule has 0 aliphatic carbocycles. The van der Waals surface area contributed by atoms with E-state index in [1.54, 1.807) is 30.3 Å². The molecule has 4 heteroatoms. The van der Waals surface area contributed by atoms with Gasteiger partial charge in [-0.2, -0.15) is 5.26 Å². The predicted molar refractivity (Wildman–Crippen MR) is 88.0 cm³/mol. The van der Waals surface area contributed by atoms with Gasteiger partial charge in [-0.3, -0.25) is 4.79 Å². The fraction of sp³-hybridized carbons (Fsp3) is 0.125. The highest BCUT2D eigenvalue weighted by atomic mass is 127. The Balaban J connectivity index is 2.45. The first-order chi connectivity index (χ1) is 9.54. The molecule has 0 N–H and O–H groups in total. The van der Waals surface area contributed by atoms with E-state index in [2.05, 4.69) is 28.7 Å². The SMILES string of the molecule is Cc1cccc(C(=O)C(C#N)c2cccc(Cl)c2)c1I. The number of nitriles is 1. The molecule has 0 aliphatic heterocycles. The lowest BCUT2D eigenvalue weighted by atomic mass is 9.91. The molecule has 0 aliphatic rings. The number of hydrogen-bond donors (Lipinski definition) is 0. The number of carbonyl (C=O) groups excluding carboxylic acids is 1. The first kappa shape index (κ1) is 15.0. The van der Waals surface area contributed by atoms with Crippen LogP contribution in [0.15, 0.2) is 42.5 Å². The Kier molecular flexibility index (Phi) is 4.79. The third kappa shape index (κ3) is 3.02. The summed E-state index contributed by atoms with van der Waals surface area (Å²) in [7, 11) is 0. The van der Waals surface area contributed by atoms with Crippen molar-refractivity contribution in [3.05, 3.63) is 67.7 Å². The zero-order chi connectivity index (χ0) is 14.7. The Morgan fingerprint density at radius 3 is 2.65 bits per heavy atom. The summed E-state index contributed by atoms with van der Waals surface area (Å²) in [6.45, 7) is 1.94. The molecular weight excluding hydrogens is 385 g/mol. The predicted octanol–water partition coefficient (Wildman–Crippen LogP) is 4.74. The Hall–Kier alpha value is -1.38. The second kappa shape index (κ2) is 6.38. The van der Waals surface area contributed by atoms with Gasteiger partial charge in [0.15, 0.2) is 5.78 Å². The van der Waals surface area contributed by atoms with Crippen molar-refractivity contribution in [3.63, 3.8) is 0 Å². The van der Waals surface area contributed by atoms with Gasteiger partial charge < -0.3 is 0 Å². The van der Waals surface area contributed by atoms with Gasteiger partial charge in [0.1, 0.15) is 5.92 Å². The minimum Gasteiger partial charge on any atom is -0.292 e. The number of ketones is 1. The summed E-state index contributed by atoms with van der Waals surface area (Å²) in [5.41, 5.74) is 2.23. The Bertz CT molecular complexity index is 706. The molecule has 100 valence electrons. The van der Waals surface area contributed by atoms with E-state index in [-0.39, 0.29) is 5.78 Å². The van der Waals surface area contributed by atoms with Crippen LogP contribution in [0.2, 0.25) is 5.02 Å². The fourth-order valence-electron chi connectivity index (χ4n) is 1.96. The second-order valence-corrected chi connectivity index (χ2v) is 5.93. The lowest BCUT2D eigenvalue weighted by Crippen LogP contribution is -2.13. The van der Waals surface area contributed by atoms with Crippen LogP contribution in [0.5, 0.6) is 0 Å². The van der Waals surface area contributed by atoms with Crippen LogP contribution in [-0.2, 0) is 0 Å². The molecule has 0 heterocycles. The van der Waals surface area contributed by atoms with Crippen LogP contribution >= 0.6 is 34.2 Å². The Morgan fingerprint density at radius 1 is 1.30 bits per heavy atom. The van der Waals surface area contributed by atoms with E-state index in [1.807, 2.05) is 19.1 Å². The molecule has 1 atom stereocenters. The summed E-state index contributed by atoms with van der Waals surface area (Å²) in [5, 5.41) is 9.87. The molecule has 2 rings (SSSR count). The minimum absolute atomic E-state index is 0.192. The average Bonchev–Trinajstić information content (AvgIpc) is 2.42. The maximum Gasteiger partial charge on any atom is 0.185 e. The first-order valence-electron chi connectivity index (χ1n) is 5.99. The molecular formula is C16H11ClINO. The van der Waals surface area contributed by atoms with E-state index in [0.717, 1.165) is 9.13 Å². The minimum atomic E-state index is -0.830. The molecule has 0 saturated heterocycles. The maximum atomic E-state index is 12.6. The standard InChI is InChI=1S/C16H11ClINO/c1-10-4-2-7-13(15(10)18)16(20)14(9-19)11-5-3-6-12(17)8-11/h2-8,14H,1H3. The smallest absolute Gasteiger partial charge is 0.185 e. The van der Waals surface area contributed by atoms with Crippen LogP contribution in [0, 0.1) is 21.8 Å². The van der Waals surface area contributed by atoms with Gasteiger partial charge in [-0.15, -0.1) is 0 Å². The molecule has 0 bridgehead atoms. The van der Waals surface area contributed by atoms with Crippen molar-refractivity contribution in [2.45, 2.75) is 12.8 Å². The van der Waals surface area contributed by atoms with Gasteiger partial charge in [0, 0.05) is 14.2 Å². The Morgan fingerprint density at radius 2 is 2.00 bits per heavy atom. The van der Waals surface area contributed by atoms with Gasteiger partial charge in [-0.05, 0) is 52.8 Å². The van der Waals surface area contributed by atoms with Gasteiger partial charge >= 0.3 is 0 Å². The summed E-state index contributed by atoms with van der Waals surface area (Å²) < 4.78 is 0.886. The first-order valence-corrected chi connectivity index (χ1v) is 7.44. The van der Waals surface area contributed by atoms with Gasteiger partial charge in [-0.25, -0.2) is 0 Å². The largest absolute Gasteiger partial charge is 0.292 e. The average molecular weight is 396 g/mol. The van der Waals surface area contributed by atoms with Crippen molar-refractivity contribution < 1.29 is 4.79 Å². The molecule has 20 heavy (non-hydrogen) atoms. The van der Waals surface area contributed by atoms with E-state index in [9.17, 15) is 10.1 Å². The highest BCUT2D eigenvalue weighted by Crippen LogP contribution is 2.26. The number of Topliss-reactive ketones (excluding diaryl/α,β-unsaturated/α-hetero) is 1. The number of carbonyl (C=O) groups is 1. The van der Waals surface area contributed by atoms with Gasteiger partial charge in [0.25, 0.3) is 0 Å². The zero-order valence-electron chi connectivity index (χ0n) is 10.7. The molecule has 0 fully saturated rings. The number of aryl methyl sites for hydroxylation is 1. The van der Waals surface area contributed by atoms with E-state index < -0.39 is 5.92 Å². The molecule has 0 spiro atoms. The zero-order valence-corrected chi connectivity index (χ0v) is 13.6. The van der Waals surface area contributed by atoms with Crippen LogP contribution in [0.3, 0.4) is 0 Å². The molecule has 0 saturated carbocycles. The molecule has 0 radical (unpaired) electrons. The highest BCUT2D eigenvalue weighted by molar-refractivity contribution is 14.1. The van der Waals surface area contributed by atoms with Crippen LogP contribution in [0.4, 0.5) is 0 Å². The van der Waals surface area contributed by atoms with Crippen molar-refractivity contribution in [1.82, 2.24) is 0 Å². The van der Waals surface area contributed by atoms with Crippen molar-refractivity contribution in [1.29, 1.82) is 5.26 Å². The number of halogens is 2. The number of rotatable bonds is 3. The molecule has 0 aromatic heterocycles. The van der Waals surface area contributed by atoms with Crippen LogP contribution in [0.1, 0.15) is 27.4 Å². The topological polar surface area (TPSA) is 40.9 Å². The monoisotopic (exact) mass is 395 g/mol. The Labute approximate surface area is 136 Å². The fourth-order valence-corrected chi connectivity index (χ4v) is 2.79. The van der Waals surface area contributed by atoms with Gasteiger partial charge in [-0.1, -0.05) is 41.9 Å². The van der Waals surface area contributed by atoms with Crippen molar-refractivity contribution in [2.75, 3.05) is 0 Å². The van der Waals surface area contributed by atoms with Crippen LogP contribution < -0.4 is 0 Å².